The smallest absolute Gasteiger partial charge is 0.319 e. The molecule has 0 fully saturated rings. The Bertz CT molecular complexity index is 313. The van der Waals surface area contributed by atoms with E-state index in [2.05, 4.69) is 10.1 Å². The highest BCUT2D eigenvalue weighted by molar-refractivity contribution is 8.00. The van der Waals surface area contributed by atoms with E-state index in [1.807, 2.05) is 0 Å². The minimum Gasteiger partial charge on any atom is -0.465 e. The van der Waals surface area contributed by atoms with Gasteiger partial charge in [-0.3, -0.25) is 4.79 Å². The van der Waals surface area contributed by atoms with E-state index in [0.717, 1.165) is 0 Å². The Morgan fingerprint density at radius 3 is 3.00 bits per heavy atom. The maximum absolute atomic E-state index is 11.3. The van der Waals surface area contributed by atoms with Crippen molar-refractivity contribution in [3.05, 3.63) is 6.33 Å². The lowest BCUT2D eigenvalue weighted by Gasteiger charge is -2.08. The molecule has 1 atom stereocenters. The molecule has 0 bridgehead atoms. The Morgan fingerprint density at radius 1 is 1.79 bits per heavy atom. The summed E-state index contributed by atoms with van der Waals surface area (Å²) in [5.74, 6) is -0.222. The third-order valence-corrected chi connectivity index (χ3v) is 2.70. The first kappa shape index (κ1) is 11.0. The van der Waals surface area contributed by atoms with E-state index in [4.69, 9.17) is 4.74 Å². The second kappa shape index (κ2) is 4.99. The largest absolute Gasteiger partial charge is 0.465 e. The average Bonchev–Trinajstić information content (AvgIpc) is 2.52. The first-order chi connectivity index (χ1) is 6.65. The normalized spacial score (nSPS) is 12.5. The molecular formula is C8H13N3O2S. The topological polar surface area (TPSA) is 57.0 Å². The van der Waals surface area contributed by atoms with E-state index in [1.165, 1.54) is 18.1 Å². The molecule has 0 aromatic carbocycles. The van der Waals surface area contributed by atoms with Crippen molar-refractivity contribution in [2.75, 3.05) is 6.61 Å². The molecule has 0 amide bonds. The third-order valence-electron chi connectivity index (χ3n) is 1.57. The molecule has 0 aliphatic carbocycles. The molecule has 1 rings (SSSR count). The van der Waals surface area contributed by atoms with Crippen LogP contribution in [0.1, 0.15) is 13.8 Å². The number of hydrogen-bond donors (Lipinski definition) is 0. The molecule has 14 heavy (non-hydrogen) atoms. The maximum Gasteiger partial charge on any atom is 0.319 e. The quantitative estimate of drug-likeness (QED) is 0.550. The zero-order valence-corrected chi connectivity index (χ0v) is 9.24. The van der Waals surface area contributed by atoms with Gasteiger partial charge in [0.2, 0.25) is 0 Å². The van der Waals surface area contributed by atoms with E-state index in [-0.39, 0.29) is 11.2 Å². The molecule has 1 heterocycles. The fourth-order valence-electron chi connectivity index (χ4n) is 0.858. The van der Waals surface area contributed by atoms with Crippen LogP contribution in [-0.2, 0) is 16.6 Å². The van der Waals surface area contributed by atoms with E-state index < -0.39 is 0 Å². The molecule has 78 valence electrons. The van der Waals surface area contributed by atoms with Crippen molar-refractivity contribution >= 4 is 17.7 Å². The van der Waals surface area contributed by atoms with Crippen molar-refractivity contribution in [1.82, 2.24) is 14.8 Å². The minimum atomic E-state index is -0.252. The second-order valence-electron chi connectivity index (χ2n) is 2.68. The summed E-state index contributed by atoms with van der Waals surface area (Å²) in [5.41, 5.74) is 0. The highest BCUT2D eigenvalue weighted by Gasteiger charge is 2.17. The molecule has 0 aliphatic rings. The third kappa shape index (κ3) is 2.73. The van der Waals surface area contributed by atoms with Gasteiger partial charge in [-0.25, -0.2) is 9.67 Å². The van der Waals surface area contributed by atoms with Gasteiger partial charge >= 0.3 is 5.97 Å². The summed E-state index contributed by atoms with van der Waals surface area (Å²) < 4.78 is 6.50. The molecule has 0 radical (unpaired) electrons. The van der Waals surface area contributed by atoms with Crippen LogP contribution >= 0.6 is 11.8 Å². The van der Waals surface area contributed by atoms with Crippen molar-refractivity contribution in [3.8, 4) is 0 Å². The standard InChI is InChI=1S/C8H13N3O2S/c1-4-13-7(12)6(2)14-8-9-5-10-11(8)3/h5-6H,4H2,1-3H3. The summed E-state index contributed by atoms with van der Waals surface area (Å²) in [7, 11) is 1.78. The number of thioether (sulfide) groups is 1. The summed E-state index contributed by atoms with van der Waals surface area (Å²) >= 11 is 1.34. The van der Waals surface area contributed by atoms with Crippen molar-refractivity contribution in [1.29, 1.82) is 0 Å². The molecular weight excluding hydrogens is 202 g/mol. The van der Waals surface area contributed by atoms with Gasteiger partial charge in [-0.05, 0) is 13.8 Å². The van der Waals surface area contributed by atoms with Gasteiger partial charge in [0.05, 0.1) is 6.61 Å². The zero-order chi connectivity index (χ0) is 10.6. The predicted octanol–water partition coefficient (Wildman–Crippen LogP) is 0.859. The highest BCUT2D eigenvalue weighted by Crippen LogP contribution is 2.20. The van der Waals surface area contributed by atoms with Gasteiger partial charge < -0.3 is 4.74 Å². The van der Waals surface area contributed by atoms with Gasteiger partial charge in [0.15, 0.2) is 5.16 Å². The molecule has 1 aromatic rings. The van der Waals surface area contributed by atoms with Crippen molar-refractivity contribution < 1.29 is 9.53 Å². The first-order valence-electron chi connectivity index (χ1n) is 4.32. The second-order valence-corrected chi connectivity index (χ2v) is 3.99. The van der Waals surface area contributed by atoms with Crippen LogP contribution in [0.3, 0.4) is 0 Å². The van der Waals surface area contributed by atoms with Crippen molar-refractivity contribution in [2.24, 2.45) is 7.05 Å². The van der Waals surface area contributed by atoms with E-state index in [9.17, 15) is 4.79 Å². The average molecular weight is 215 g/mol. The Morgan fingerprint density at radius 2 is 2.50 bits per heavy atom. The van der Waals surface area contributed by atoms with Gasteiger partial charge in [-0.2, -0.15) is 5.10 Å². The van der Waals surface area contributed by atoms with Gasteiger partial charge in [0.25, 0.3) is 0 Å². The number of carbonyl (C=O) groups is 1. The number of hydrogen-bond acceptors (Lipinski definition) is 5. The number of rotatable bonds is 4. The fraction of sp³-hybridized carbons (Fsp3) is 0.625. The molecule has 0 saturated heterocycles. The van der Waals surface area contributed by atoms with Crippen LogP contribution in [0.15, 0.2) is 11.5 Å². The molecule has 6 heteroatoms. The van der Waals surface area contributed by atoms with Crippen molar-refractivity contribution in [3.63, 3.8) is 0 Å². The van der Waals surface area contributed by atoms with Crippen LogP contribution in [0.4, 0.5) is 0 Å². The summed E-state index contributed by atoms with van der Waals surface area (Å²) in [6.07, 6.45) is 1.46. The first-order valence-corrected chi connectivity index (χ1v) is 5.20. The van der Waals surface area contributed by atoms with Gasteiger partial charge in [0.1, 0.15) is 11.6 Å². The van der Waals surface area contributed by atoms with Crippen LogP contribution in [-0.4, -0.2) is 32.6 Å². The van der Waals surface area contributed by atoms with Crippen molar-refractivity contribution in [2.45, 2.75) is 24.3 Å². The number of esters is 1. The summed E-state index contributed by atoms with van der Waals surface area (Å²) in [5, 5.41) is 4.37. The zero-order valence-electron chi connectivity index (χ0n) is 8.43. The minimum absolute atomic E-state index is 0.222. The maximum atomic E-state index is 11.3. The molecule has 0 aliphatic heterocycles. The summed E-state index contributed by atoms with van der Waals surface area (Å²) in [6.45, 7) is 3.98. The highest BCUT2D eigenvalue weighted by atomic mass is 32.2. The Hall–Kier alpha value is -1.04. The molecule has 1 aromatic heterocycles. The lowest BCUT2D eigenvalue weighted by Crippen LogP contribution is -2.17. The van der Waals surface area contributed by atoms with Gasteiger partial charge in [-0.15, -0.1) is 0 Å². The van der Waals surface area contributed by atoms with Gasteiger partial charge in [-0.1, -0.05) is 11.8 Å². The number of ether oxygens (including phenoxy) is 1. The fourth-order valence-corrected chi connectivity index (χ4v) is 1.65. The monoisotopic (exact) mass is 215 g/mol. The summed E-state index contributed by atoms with van der Waals surface area (Å²) in [6, 6.07) is 0. The van der Waals surface area contributed by atoms with Crippen LogP contribution in [0.5, 0.6) is 0 Å². The lowest BCUT2D eigenvalue weighted by molar-refractivity contribution is -0.142. The van der Waals surface area contributed by atoms with E-state index in [1.54, 1.807) is 25.6 Å². The predicted molar refractivity (Wildman–Crippen MR) is 53.0 cm³/mol. The molecule has 0 spiro atoms. The number of nitrogens with zero attached hydrogens (tertiary/aromatic N) is 3. The van der Waals surface area contributed by atoms with E-state index in [0.29, 0.717) is 11.8 Å². The number of aryl methyl sites for hydroxylation is 1. The van der Waals surface area contributed by atoms with Crippen LogP contribution in [0.25, 0.3) is 0 Å². The Labute approximate surface area is 86.8 Å². The van der Waals surface area contributed by atoms with Crippen LogP contribution in [0.2, 0.25) is 0 Å². The number of aromatic nitrogens is 3. The molecule has 5 nitrogen and oxygen atoms in total. The van der Waals surface area contributed by atoms with Crippen LogP contribution < -0.4 is 0 Å². The Kier molecular flexibility index (Phi) is 3.94. The molecule has 0 N–H and O–H groups in total. The SMILES string of the molecule is CCOC(=O)C(C)Sc1ncnn1C. The van der Waals surface area contributed by atoms with Gasteiger partial charge in [0, 0.05) is 7.05 Å². The van der Waals surface area contributed by atoms with Crippen LogP contribution in [0, 0.1) is 0 Å². The summed E-state index contributed by atoms with van der Waals surface area (Å²) in [4.78, 5) is 15.3. The Balaban J connectivity index is 2.52. The lowest BCUT2D eigenvalue weighted by atomic mass is 10.5. The molecule has 1 unspecified atom stereocenters. The number of carbonyl (C=O) groups excluding carboxylic acids is 1. The molecule has 0 saturated carbocycles. The van der Waals surface area contributed by atoms with E-state index >= 15 is 0 Å².